The Hall–Kier alpha value is -2.24. The average Bonchev–Trinajstić information content (AvgIpc) is 2.55. The average molecular weight is 330 g/mol. The minimum atomic E-state index is -0.339. The van der Waals surface area contributed by atoms with Crippen molar-refractivity contribution >= 4 is 29.5 Å². The van der Waals surface area contributed by atoms with E-state index in [0.717, 1.165) is 30.3 Å². The lowest BCUT2D eigenvalue weighted by Crippen LogP contribution is -2.29. The van der Waals surface area contributed by atoms with Crippen molar-refractivity contribution in [2.24, 2.45) is 5.73 Å². The molecule has 0 saturated carbocycles. The molecule has 118 valence electrons. The van der Waals surface area contributed by atoms with Crippen LogP contribution in [0.25, 0.3) is 0 Å². The highest BCUT2D eigenvalue weighted by atomic mass is 35.5. The number of fused-ring (bicyclic) bond motifs is 1. The number of amides is 1. The number of halogens is 1. The molecule has 2 aromatic rings. The van der Waals surface area contributed by atoms with Crippen LogP contribution in [0.1, 0.15) is 38.3 Å². The summed E-state index contributed by atoms with van der Waals surface area (Å²) in [5.41, 5.74) is 9.29. The summed E-state index contributed by atoms with van der Waals surface area (Å²) in [6.07, 6.45) is 4.50. The molecule has 1 aromatic heterocycles. The molecular weight excluding hydrogens is 314 g/mol. The second-order valence-corrected chi connectivity index (χ2v) is 6.00. The van der Waals surface area contributed by atoms with E-state index in [4.69, 9.17) is 17.3 Å². The molecule has 3 rings (SSSR count). The highest BCUT2D eigenvalue weighted by Gasteiger charge is 2.22. The number of hydrogen-bond donors (Lipinski definition) is 2. The predicted octanol–water partition coefficient (Wildman–Crippen LogP) is 2.62. The van der Waals surface area contributed by atoms with Gasteiger partial charge in [-0.25, -0.2) is 4.98 Å². The summed E-state index contributed by atoms with van der Waals surface area (Å²) >= 11 is 5.72. The van der Waals surface area contributed by atoms with Crippen molar-refractivity contribution in [3.8, 4) is 0 Å². The molecule has 0 spiro atoms. The third kappa shape index (κ3) is 3.25. The Bertz CT molecular complexity index is 759. The van der Waals surface area contributed by atoms with Crippen LogP contribution < -0.4 is 11.1 Å². The first-order chi connectivity index (χ1) is 11.1. The van der Waals surface area contributed by atoms with Gasteiger partial charge in [-0.2, -0.15) is 0 Å². The Morgan fingerprint density at radius 3 is 2.87 bits per heavy atom. The fraction of sp³-hybridized carbons (Fsp3) is 0.235. The molecule has 1 atom stereocenters. The van der Waals surface area contributed by atoms with Gasteiger partial charge >= 0.3 is 0 Å². The number of nitrogens with zero attached hydrogens (tertiary/aromatic N) is 1. The van der Waals surface area contributed by atoms with E-state index < -0.39 is 0 Å². The summed E-state index contributed by atoms with van der Waals surface area (Å²) in [6, 6.07) is 6.93. The van der Waals surface area contributed by atoms with Crippen LogP contribution in [0.3, 0.4) is 0 Å². The van der Waals surface area contributed by atoms with E-state index in [0.29, 0.717) is 28.4 Å². The first kappa shape index (κ1) is 15.6. The van der Waals surface area contributed by atoms with Crippen molar-refractivity contribution in [1.82, 2.24) is 4.98 Å². The molecule has 23 heavy (non-hydrogen) atoms. The quantitative estimate of drug-likeness (QED) is 0.669. The number of aldehydes is 1. The Morgan fingerprint density at radius 2 is 2.17 bits per heavy atom. The number of nitrogens with one attached hydrogen (secondary N) is 1. The van der Waals surface area contributed by atoms with Gasteiger partial charge < -0.3 is 11.1 Å². The van der Waals surface area contributed by atoms with Crippen LogP contribution >= 0.6 is 11.6 Å². The van der Waals surface area contributed by atoms with E-state index in [9.17, 15) is 9.59 Å². The molecule has 6 heteroatoms. The first-order valence-electron chi connectivity index (χ1n) is 7.37. The molecule has 1 heterocycles. The van der Waals surface area contributed by atoms with Crippen LogP contribution in [-0.2, 0) is 12.8 Å². The molecule has 0 radical (unpaired) electrons. The number of carbonyl (C=O) groups excluding carboxylic acids is 2. The second-order valence-electron chi connectivity index (χ2n) is 5.61. The maximum absolute atomic E-state index is 12.5. The van der Waals surface area contributed by atoms with Gasteiger partial charge in [-0.15, -0.1) is 0 Å². The van der Waals surface area contributed by atoms with Gasteiger partial charge in [0, 0.05) is 11.6 Å². The predicted molar refractivity (Wildman–Crippen MR) is 89.0 cm³/mol. The summed E-state index contributed by atoms with van der Waals surface area (Å²) in [7, 11) is 0. The Balaban J connectivity index is 1.91. The maximum atomic E-state index is 12.5. The monoisotopic (exact) mass is 329 g/mol. The Kier molecular flexibility index (Phi) is 4.41. The zero-order valence-corrected chi connectivity index (χ0v) is 13.1. The third-order valence-corrected chi connectivity index (χ3v) is 4.27. The van der Waals surface area contributed by atoms with Gasteiger partial charge in [0.2, 0.25) is 0 Å². The molecule has 1 amide bonds. The van der Waals surface area contributed by atoms with E-state index in [-0.39, 0.29) is 11.9 Å². The van der Waals surface area contributed by atoms with Gasteiger partial charge in [0.1, 0.15) is 5.15 Å². The number of hydrogen-bond acceptors (Lipinski definition) is 4. The fourth-order valence-electron chi connectivity index (χ4n) is 2.89. The van der Waals surface area contributed by atoms with E-state index in [1.165, 1.54) is 6.20 Å². The van der Waals surface area contributed by atoms with E-state index in [1.807, 2.05) is 6.07 Å². The Labute approximate surface area is 138 Å². The molecule has 0 aliphatic heterocycles. The molecule has 0 bridgehead atoms. The maximum Gasteiger partial charge on any atom is 0.256 e. The van der Waals surface area contributed by atoms with Gasteiger partial charge in [-0.3, -0.25) is 9.59 Å². The van der Waals surface area contributed by atoms with Gasteiger partial charge in [-0.1, -0.05) is 17.7 Å². The first-order valence-corrected chi connectivity index (χ1v) is 7.74. The zero-order valence-electron chi connectivity index (χ0n) is 12.4. The minimum absolute atomic E-state index is 0.113. The minimum Gasteiger partial charge on any atom is -0.327 e. The number of rotatable bonds is 3. The normalized spacial score (nSPS) is 16.5. The van der Waals surface area contributed by atoms with Crippen molar-refractivity contribution < 1.29 is 9.59 Å². The van der Waals surface area contributed by atoms with Gasteiger partial charge in [0.15, 0.2) is 6.29 Å². The standard InChI is InChI=1S/C17H16ClN3O2/c18-16-6-3-12(8-20-16)21-17(23)14-4-1-10-7-11(19)2-5-13(10)15(14)9-22/h1,3-4,6,8-9,11H,2,5,7,19H2,(H,21,23). The van der Waals surface area contributed by atoms with E-state index in [2.05, 4.69) is 10.3 Å². The van der Waals surface area contributed by atoms with Crippen LogP contribution in [0.5, 0.6) is 0 Å². The molecule has 3 N–H and O–H groups in total. The topological polar surface area (TPSA) is 85.1 Å². The molecule has 5 nitrogen and oxygen atoms in total. The van der Waals surface area contributed by atoms with Gasteiger partial charge in [0.05, 0.1) is 17.4 Å². The highest BCUT2D eigenvalue weighted by Crippen LogP contribution is 2.26. The molecule has 0 fully saturated rings. The highest BCUT2D eigenvalue weighted by molar-refractivity contribution is 6.29. The van der Waals surface area contributed by atoms with Crippen molar-refractivity contribution in [2.75, 3.05) is 5.32 Å². The van der Waals surface area contributed by atoms with E-state index in [1.54, 1.807) is 18.2 Å². The number of aromatic nitrogens is 1. The van der Waals surface area contributed by atoms with Crippen LogP contribution in [0.4, 0.5) is 5.69 Å². The lowest BCUT2D eigenvalue weighted by atomic mass is 9.84. The van der Waals surface area contributed by atoms with Crippen LogP contribution in [-0.4, -0.2) is 23.2 Å². The number of nitrogens with two attached hydrogens (primary N) is 1. The lowest BCUT2D eigenvalue weighted by Gasteiger charge is -2.23. The number of carbonyl (C=O) groups is 2. The van der Waals surface area contributed by atoms with Crippen LogP contribution in [0.15, 0.2) is 30.5 Å². The van der Waals surface area contributed by atoms with Crippen molar-refractivity contribution in [3.63, 3.8) is 0 Å². The smallest absolute Gasteiger partial charge is 0.256 e. The summed E-state index contributed by atoms with van der Waals surface area (Å²) < 4.78 is 0. The fourth-order valence-corrected chi connectivity index (χ4v) is 3.00. The zero-order chi connectivity index (χ0) is 16.4. The summed E-state index contributed by atoms with van der Waals surface area (Å²) in [4.78, 5) is 27.9. The molecule has 1 aromatic carbocycles. The number of benzene rings is 1. The summed E-state index contributed by atoms with van der Waals surface area (Å²) in [5, 5.41) is 3.08. The lowest BCUT2D eigenvalue weighted by molar-refractivity contribution is 0.101. The third-order valence-electron chi connectivity index (χ3n) is 4.05. The summed E-state index contributed by atoms with van der Waals surface area (Å²) in [6.45, 7) is 0. The second kappa shape index (κ2) is 6.48. The molecule has 1 aliphatic rings. The van der Waals surface area contributed by atoms with Crippen molar-refractivity contribution in [1.29, 1.82) is 0 Å². The number of pyridine rings is 1. The SMILES string of the molecule is NC1CCc2c(ccc(C(=O)Nc3ccc(Cl)nc3)c2C=O)C1. The number of anilines is 1. The van der Waals surface area contributed by atoms with Gasteiger partial charge in [0.25, 0.3) is 5.91 Å². The largest absolute Gasteiger partial charge is 0.327 e. The van der Waals surface area contributed by atoms with Crippen molar-refractivity contribution in [3.05, 3.63) is 57.9 Å². The molecule has 1 aliphatic carbocycles. The van der Waals surface area contributed by atoms with E-state index >= 15 is 0 Å². The van der Waals surface area contributed by atoms with Gasteiger partial charge in [-0.05, 0) is 48.6 Å². The molecule has 0 saturated heterocycles. The Morgan fingerprint density at radius 1 is 1.35 bits per heavy atom. The van der Waals surface area contributed by atoms with Crippen molar-refractivity contribution in [2.45, 2.75) is 25.3 Å². The summed E-state index contributed by atoms with van der Waals surface area (Å²) in [5.74, 6) is -0.339. The van der Waals surface area contributed by atoms with Crippen LogP contribution in [0.2, 0.25) is 5.15 Å². The molecule has 1 unspecified atom stereocenters. The molecular formula is C17H16ClN3O2. The van der Waals surface area contributed by atoms with Crippen LogP contribution in [0, 0.1) is 0 Å².